The summed E-state index contributed by atoms with van der Waals surface area (Å²) in [5, 5.41) is 10.7. The van der Waals surface area contributed by atoms with Crippen molar-refractivity contribution < 1.29 is 27.2 Å². The summed E-state index contributed by atoms with van der Waals surface area (Å²) >= 11 is 0. The number of hydrogen-bond acceptors (Lipinski definition) is 10. The predicted molar refractivity (Wildman–Crippen MR) is 228 cm³/mol. The SMILES string of the molecule is Cc1ccc(S(=O)(=O)OCCCCc2ccc(CCOc3ncnc4ccccc34)cc2)cc1.OCCCCc1ccc(CCOc2ncnc3ccccc23)cc1. The van der Waals surface area contributed by atoms with E-state index in [1.165, 1.54) is 28.6 Å². The highest BCUT2D eigenvalue weighted by atomic mass is 32.2. The van der Waals surface area contributed by atoms with Crippen molar-refractivity contribution in [2.24, 2.45) is 0 Å². The molecule has 58 heavy (non-hydrogen) atoms. The van der Waals surface area contributed by atoms with Crippen molar-refractivity contribution in [1.29, 1.82) is 0 Å². The molecule has 0 aliphatic heterocycles. The summed E-state index contributed by atoms with van der Waals surface area (Å²) in [6.07, 6.45) is 10.00. The zero-order valence-corrected chi connectivity index (χ0v) is 33.7. The summed E-state index contributed by atoms with van der Waals surface area (Å²) < 4.78 is 41.4. The van der Waals surface area contributed by atoms with Crippen molar-refractivity contribution in [3.63, 3.8) is 0 Å². The highest BCUT2D eigenvalue weighted by Gasteiger charge is 2.14. The Morgan fingerprint density at radius 2 is 0.948 bits per heavy atom. The third-order valence-corrected chi connectivity index (χ3v) is 10.9. The Bertz CT molecular complexity index is 2420. The van der Waals surface area contributed by atoms with Crippen molar-refractivity contribution in [3.05, 3.63) is 162 Å². The van der Waals surface area contributed by atoms with Crippen molar-refractivity contribution in [2.45, 2.75) is 63.2 Å². The molecule has 300 valence electrons. The number of aryl methyl sites for hydroxylation is 3. The van der Waals surface area contributed by atoms with Crippen LogP contribution in [0.15, 0.2) is 139 Å². The summed E-state index contributed by atoms with van der Waals surface area (Å²) in [6.45, 7) is 3.49. The first-order chi connectivity index (χ1) is 28.4. The molecule has 10 nitrogen and oxygen atoms in total. The third-order valence-electron chi connectivity index (χ3n) is 9.60. The molecule has 0 atom stereocenters. The Kier molecular flexibility index (Phi) is 15.7. The Morgan fingerprint density at radius 1 is 0.500 bits per heavy atom. The molecule has 0 aliphatic carbocycles. The number of unbranched alkanes of at least 4 members (excludes halogenated alkanes) is 2. The highest BCUT2D eigenvalue weighted by Crippen LogP contribution is 2.22. The topological polar surface area (TPSA) is 134 Å². The largest absolute Gasteiger partial charge is 0.477 e. The number of ether oxygens (including phenoxy) is 2. The Balaban J connectivity index is 0.000000208. The molecule has 0 unspecified atom stereocenters. The number of nitrogens with zero attached hydrogens (tertiary/aromatic N) is 4. The maximum atomic E-state index is 12.2. The van der Waals surface area contributed by atoms with E-state index in [0.717, 1.165) is 72.3 Å². The number of rotatable bonds is 19. The second kappa shape index (κ2) is 21.7. The van der Waals surface area contributed by atoms with Gasteiger partial charge in [-0.05, 0) is 104 Å². The van der Waals surface area contributed by atoms with E-state index in [2.05, 4.69) is 68.5 Å². The first kappa shape index (κ1) is 41.9. The fourth-order valence-corrected chi connectivity index (χ4v) is 7.22. The maximum Gasteiger partial charge on any atom is 0.296 e. The number of benzene rings is 5. The highest BCUT2D eigenvalue weighted by molar-refractivity contribution is 7.86. The number of aliphatic hydroxyl groups excluding tert-OH is 1. The summed E-state index contributed by atoms with van der Waals surface area (Å²) in [5.41, 5.74) is 7.75. The van der Waals surface area contributed by atoms with Gasteiger partial charge in [0.1, 0.15) is 12.7 Å². The Labute approximate surface area is 341 Å². The molecule has 7 aromatic rings. The molecule has 0 bridgehead atoms. The van der Waals surface area contributed by atoms with Gasteiger partial charge in [-0.3, -0.25) is 4.18 Å². The summed E-state index contributed by atoms with van der Waals surface area (Å²) in [4.78, 5) is 17.2. The van der Waals surface area contributed by atoms with E-state index in [9.17, 15) is 8.42 Å². The van der Waals surface area contributed by atoms with Gasteiger partial charge in [-0.1, -0.05) is 90.5 Å². The standard InChI is InChI=1S/C27H28N2O4S.C20H22N2O2/c1-21-9-15-24(16-10-21)34(30,31)33-18-5-4-6-22-11-13-23(14-12-22)17-19-32-27-25-7-2-3-8-26(25)28-20-29-27;23-13-4-3-5-16-8-10-17(11-9-16)12-14-24-20-18-6-1-2-7-19(18)21-15-22-20/h2-3,7-16,20H,4-6,17-19H2,1H3;1-2,6-11,15,23H,3-5,12-14H2. The molecule has 0 amide bonds. The Morgan fingerprint density at radius 3 is 1.43 bits per heavy atom. The summed E-state index contributed by atoms with van der Waals surface area (Å²) in [5.74, 6) is 1.25. The van der Waals surface area contributed by atoms with Crippen LogP contribution < -0.4 is 9.47 Å². The molecular formula is C47H50N4O6S. The number of para-hydroxylation sites is 2. The fraction of sp³-hybridized carbons (Fsp3) is 0.277. The van der Waals surface area contributed by atoms with E-state index in [1.807, 2.05) is 55.5 Å². The van der Waals surface area contributed by atoms with Gasteiger partial charge in [0.15, 0.2) is 0 Å². The molecule has 0 aliphatic rings. The van der Waals surface area contributed by atoms with Crippen molar-refractivity contribution in [2.75, 3.05) is 26.4 Å². The van der Waals surface area contributed by atoms with Gasteiger partial charge in [0.25, 0.3) is 10.1 Å². The lowest BCUT2D eigenvalue weighted by Crippen LogP contribution is -2.08. The first-order valence-corrected chi connectivity index (χ1v) is 21.2. The van der Waals surface area contributed by atoms with Crippen LogP contribution in [0.3, 0.4) is 0 Å². The fourth-order valence-electron chi connectivity index (χ4n) is 6.28. The number of fused-ring (bicyclic) bond motifs is 2. The normalized spacial score (nSPS) is 11.3. The van der Waals surface area contributed by atoms with Gasteiger partial charge in [-0.25, -0.2) is 19.9 Å². The lowest BCUT2D eigenvalue weighted by atomic mass is 10.1. The molecule has 0 saturated heterocycles. The average molecular weight is 799 g/mol. The van der Waals surface area contributed by atoms with Gasteiger partial charge in [0, 0.05) is 19.4 Å². The maximum absolute atomic E-state index is 12.2. The third kappa shape index (κ3) is 12.6. The van der Waals surface area contributed by atoms with E-state index in [1.54, 1.807) is 30.6 Å². The van der Waals surface area contributed by atoms with Crippen LogP contribution in [0.1, 0.15) is 53.5 Å². The van der Waals surface area contributed by atoms with Crippen LogP contribution in [0.4, 0.5) is 0 Å². The van der Waals surface area contributed by atoms with Gasteiger partial charge >= 0.3 is 0 Å². The minimum atomic E-state index is -3.69. The summed E-state index contributed by atoms with van der Waals surface area (Å²) in [6, 6.07) is 39.4. The molecule has 0 spiro atoms. The molecule has 7 rings (SSSR count). The van der Waals surface area contributed by atoms with E-state index in [4.69, 9.17) is 18.8 Å². The van der Waals surface area contributed by atoms with Gasteiger partial charge < -0.3 is 14.6 Å². The molecule has 2 heterocycles. The van der Waals surface area contributed by atoms with E-state index in [0.29, 0.717) is 31.4 Å². The average Bonchev–Trinajstić information content (AvgIpc) is 3.25. The number of hydrogen-bond donors (Lipinski definition) is 1. The van der Waals surface area contributed by atoms with Gasteiger partial charge in [-0.15, -0.1) is 0 Å². The zero-order chi connectivity index (χ0) is 40.4. The van der Waals surface area contributed by atoms with E-state index < -0.39 is 10.1 Å². The zero-order valence-electron chi connectivity index (χ0n) is 32.9. The Hall–Kier alpha value is -5.75. The smallest absolute Gasteiger partial charge is 0.296 e. The van der Waals surface area contributed by atoms with Gasteiger partial charge in [-0.2, -0.15) is 8.42 Å². The first-order valence-electron chi connectivity index (χ1n) is 19.8. The van der Waals surface area contributed by atoms with Crippen LogP contribution in [0.25, 0.3) is 21.8 Å². The van der Waals surface area contributed by atoms with Crippen molar-refractivity contribution in [3.8, 4) is 11.8 Å². The quantitative estimate of drug-likeness (QED) is 0.0625. The number of aromatic nitrogens is 4. The van der Waals surface area contributed by atoms with Crippen LogP contribution >= 0.6 is 0 Å². The van der Waals surface area contributed by atoms with Crippen LogP contribution in [-0.4, -0.2) is 59.9 Å². The monoisotopic (exact) mass is 798 g/mol. The minimum absolute atomic E-state index is 0.184. The minimum Gasteiger partial charge on any atom is -0.477 e. The lowest BCUT2D eigenvalue weighted by molar-refractivity contribution is 0.284. The molecule has 0 saturated carbocycles. The molecule has 5 aromatic carbocycles. The van der Waals surface area contributed by atoms with E-state index in [-0.39, 0.29) is 18.1 Å². The van der Waals surface area contributed by atoms with Crippen LogP contribution in [0.5, 0.6) is 11.8 Å². The molecule has 11 heteroatoms. The number of aliphatic hydroxyl groups is 1. The van der Waals surface area contributed by atoms with E-state index >= 15 is 0 Å². The lowest BCUT2D eigenvalue weighted by Gasteiger charge is -2.08. The van der Waals surface area contributed by atoms with Crippen LogP contribution in [0, 0.1) is 6.92 Å². The molecular weight excluding hydrogens is 749 g/mol. The van der Waals surface area contributed by atoms with Crippen molar-refractivity contribution in [1.82, 2.24) is 19.9 Å². The molecule has 2 aromatic heterocycles. The summed E-state index contributed by atoms with van der Waals surface area (Å²) in [7, 11) is -3.69. The molecule has 0 fully saturated rings. The van der Waals surface area contributed by atoms with Crippen LogP contribution in [-0.2, 0) is 40.0 Å². The van der Waals surface area contributed by atoms with Gasteiger partial charge in [0.05, 0.1) is 46.5 Å². The molecule has 1 N–H and O–H groups in total. The van der Waals surface area contributed by atoms with Crippen LogP contribution in [0.2, 0.25) is 0 Å². The molecule has 0 radical (unpaired) electrons. The predicted octanol–water partition coefficient (Wildman–Crippen LogP) is 8.85. The van der Waals surface area contributed by atoms with Crippen molar-refractivity contribution >= 4 is 31.9 Å². The van der Waals surface area contributed by atoms with Gasteiger partial charge in [0.2, 0.25) is 11.8 Å². The second-order valence-electron chi connectivity index (χ2n) is 13.9. The second-order valence-corrected chi connectivity index (χ2v) is 15.6.